The molecule has 0 saturated carbocycles. The normalized spacial score (nSPS) is 12.6. The fourth-order valence-electron chi connectivity index (χ4n) is 4.31. The summed E-state index contributed by atoms with van der Waals surface area (Å²) in [6.45, 7) is 4.40. The lowest BCUT2D eigenvalue weighted by atomic mass is 10.0. The third-order valence-electron chi connectivity index (χ3n) is 6.54. The number of nitrogens with zero attached hydrogens (tertiary/aromatic N) is 2. The molecule has 0 bridgehead atoms. The zero-order valence-electron chi connectivity index (χ0n) is 24.8. The van der Waals surface area contributed by atoms with E-state index >= 15 is 0 Å². The first kappa shape index (κ1) is 35.7. The van der Waals surface area contributed by atoms with Crippen molar-refractivity contribution in [1.82, 2.24) is 9.97 Å². The van der Waals surface area contributed by atoms with Crippen molar-refractivity contribution in [2.45, 2.75) is 129 Å². The van der Waals surface area contributed by atoms with Gasteiger partial charge in [0.05, 0.1) is 26.1 Å². The van der Waals surface area contributed by atoms with E-state index in [0.717, 1.165) is 12.7 Å². The first-order chi connectivity index (χ1) is 19.0. The van der Waals surface area contributed by atoms with Gasteiger partial charge >= 0.3 is 6.01 Å². The Morgan fingerprint density at radius 2 is 1.05 bits per heavy atom. The van der Waals surface area contributed by atoms with Gasteiger partial charge in [0.25, 0.3) is 10.1 Å². The van der Waals surface area contributed by atoms with Gasteiger partial charge in [-0.3, -0.25) is 4.18 Å². The molecule has 1 aromatic heterocycles. The van der Waals surface area contributed by atoms with E-state index < -0.39 is 10.1 Å². The third-order valence-corrected chi connectivity index (χ3v) is 7.14. The maximum atomic E-state index is 11.0. The van der Waals surface area contributed by atoms with Gasteiger partial charge in [-0.25, -0.2) is 9.97 Å². The number of rotatable bonds is 29. The SMILES string of the molecule is CCCCCCCCCCCCCCCCCCOCC(COCCCCOS(C)(=O)=O)Oc1ncccn1. The molecule has 9 heteroatoms. The summed E-state index contributed by atoms with van der Waals surface area (Å²) in [5.41, 5.74) is 0. The molecule has 1 atom stereocenters. The smallest absolute Gasteiger partial charge is 0.316 e. The van der Waals surface area contributed by atoms with Crippen molar-refractivity contribution in [3.8, 4) is 6.01 Å². The minimum Gasteiger partial charge on any atom is -0.455 e. The van der Waals surface area contributed by atoms with Crippen molar-refractivity contribution in [3.05, 3.63) is 18.5 Å². The summed E-state index contributed by atoms with van der Waals surface area (Å²) >= 11 is 0. The van der Waals surface area contributed by atoms with Crippen LogP contribution >= 0.6 is 0 Å². The van der Waals surface area contributed by atoms with E-state index in [4.69, 9.17) is 18.4 Å². The van der Waals surface area contributed by atoms with Crippen LogP contribution in [0.2, 0.25) is 0 Å². The molecule has 8 nitrogen and oxygen atoms in total. The fourth-order valence-corrected chi connectivity index (χ4v) is 4.73. The molecular weight excluding hydrogens is 516 g/mol. The maximum absolute atomic E-state index is 11.0. The molecule has 39 heavy (non-hydrogen) atoms. The molecule has 1 unspecified atom stereocenters. The van der Waals surface area contributed by atoms with E-state index in [1.807, 2.05) is 0 Å². The predicted octanol–water partition coefficient (Wildman–Crippen LogP) is 7.28. The van der Waals surface area contributed by atoms with Crippen LogP contribution in [-0.4, -0.2) is 63.8 Å². The lowest BCUT2D eigenvalue weighted by molar-refractivity contribution is -0.0118. The van der Waals surface area contributed by atoms with Crippen LogP contribution in [-0.2, 0) is 23.8 Å². The molecule has 0 aromatic carbocycles. The van der Waals surface area contributed by atoms with E-state index in [2.05, 4.69) is 16.9 Å². The lowest BCUT2D eigenvalue weighted by Gasteiger charge is -2.18. The molecule has 0 aliphatic heterocycles. The molecule has 0 spiro atoms. The number of aromatic nitrogens is 2. The average molecular weight is 573 g/mol. The molecule has 1 heterocycles. The quantitative estimate of drug-likeness (QED) is 0.0730. The zero-order chi connectivity index (χ0) is 28.3. The van der Waals surface area contributed by atoms with Crippen LogP contribution in [0, 0.1) is 0 Å². The molecule has 1 aromatic rings. The van der Waals surface area contributed by atoms with Gasteiger partial charge < -0.3 is 14.2 Å². The van der Waals surface area contributed by atoms with Crippen LogP contribution in [0.4, 0.5) is 0 Å². The molecule has 0 amide bonds. The molecule has 0 fully saturated rings. The van der Waals surface area contributed by atoms with Crippen molar-refractivity contribution >= 4 is 10.1 Å². The van der Waals surface area contributed by atoms with Gasteiger partial charge in [0.15, 0.2) is 0 Å². The van der Waals surface area contributed by atoms with Gasteiger partial charge in [0, 0.05) is 25.6 Å². The predicted molar refractivity (Wildman–Crippen MR) is 158 cm³/mol. The highest BCUT2D eigenvalue weighted by Crippen LogP contribution is 2.14. The Morgan fingerprint density at radius 1 is 0.641 bits per heavy atom. The Hall–Kier alpha value is -1.29. The van der Waals surface area contributed by atoms with Crippen molar-refractivity contribution in [1.29, 1.82) is 0 Å². The molecule has 228 valence electrons. The number of hydrogen-bond acceptors (Lipinski definition) is 8. The summed E-state index contributed by atoms with van der Waals surface area (Å²) in [5.74, 6) is 0. The summed E-state index contributed by atoms with van der Waals surface area (Å²) in [6.07, 6.45) is 27.0. The largest absolute Gasteiger partial charge is 0.455 e. The van der Waals surface area contributed by atoms with Gasteiger partial charge in [0.2, 0.25) is 0 Å². The summed E-state index contributed by atoms with van der Waals surface area (Å²) in [6, 6.07) is 2.05. The van der Waals surface area contributed by atoms with E-state index in [1.54, 1.807) is 18.5 Å². The molecular formula is C30H56N2O6S. The average Bonchev–Trinajstić information content (AvgIpc) is 2.91. The summed E-state index contributed by atoms with van der Waals surface area (Å²) in [5, 5.41) is 0. The maximum Gasteiger partial charge on any atom is 0.316 e. The second kappa shape index (κ2) is 25.7. The van der Waals surface area contributed by atoms with Crippen LogP contribution in [0.1, 0.15) is 122 Å². The van der Waals surface area contributed by atoms with Gasteiger partial charge in [-0.1, -0.05) is 103 Å². The van der Waals surface area contributed by atoms with Crippen LogP contribution in [0.25, 0.3) is 0 Å². The minimum atomic E-state index is -3.39. The Morgan fingerprint density at radius 3 is 1.51 bits per heavy atom. The number of ether oxygens (including phenoxy) is 3. The highest BCUT2D eigenvalue weighted by Gasteiger charge is 2.13. The number of hydrogen-bond donors (Lipinski definition) is 0. The Bertz CT molecular complexity index is 751. The van der Waals surface area contributed by atoms with Crippen LogP contribution < -0.4 is 4.74 Å². The highest BCUT2D eigenvalue weighted by molar-refractivity contribution is 7.85. The van der Waals surface area contributed by atoms with Crippen molar-refractivity contribution in [2.75, 3.05) is 39.3 Å². The summed E-state index contributed by atoms with van der Waals surface area (Å²) < 4.78 is 44.2. The zero-order valence-corrected chi connectivity index (χ0v) is 25.6. The molecule has 1 rings (SSSR count). The van der Waals surface area contributed by atoms with E-state index in [-0.39, 0.29) is 12.7 Å². The Kier molecular flexibility index (Phi) is 23.5. The molecule has 0 radical (unpaired) electrons. The van der Waals surface area contributed by atoms with Gasteiger partial charge in [-0.15, -0.1) is 0 Å². The molecule has 0 aliphatic rings. The fraction of sp³-hybridized carbons (Fsp3) is 0.867. The lowest BCUT2D eigenvalue weighted by Crippen LogP contribution is -2.29. The molecule has 0 N–H and O–H groups in total. The Balaban J connectivity index is 2.01. The van der Waals surface area contributed by atoms with Gasteiger partial charge in [0.1, 0.15) is 6.10 Å². The van der Waals surface area contributed by atoms with E-state index in [1.165, 1.54) is 96.3 Å². The van der Waals surface area contributed by atoms with Crippen molar-refractivity contribution in [2.24, 2.45) is 0 Å². The monoisotopic (exact) mass is 572 g/mol. The first-order valence-corrected chi connectivity index (χ1v) is 17.3. The molecule has 0 saturated heterocycles. The third kappa shape index (κ3) is 25.4. The van der Waals surface area contributed by atoms with Crippen molar-refractivity contribution < 1.29 is 26.8 Å². The molecule has 0 aliphatic carbocycles. The number of unbranched alkanes of at least 4 members (excludes halogenated alkanes) is 16. The second-order valence-corrected chi connectivity index (χ2v) is 12.1. The summed E-state index contributed by atoms with van der Waals surface area (Å²) in [4.78, 5) is 8.24. The van der Waals surface area contributed by atoms with E-state index in [0.29, 0.717) is 45.3 Å². The minimum absolute atomic E-state index is 0.169. The topological polar surface area (TPSA) is 96.8 Å². The Labute approximate surface area is 239 Å². The standard InChI is InChI=1S/C30H56N2O6S/c1-3-4-5-6-7-8-9-10-11-12-13-14-15-16-17-18-24-35-27-29(38-30-31-22-21-23-32-30)28-36-25-19-20-26-37-39(2,33)34/h21-23,29H,3-20,24-28H2,1-2H3. The summed E-state index contributed by atoms with van der Waals surface area (Å²) in [7, 11) is -3.39. The van der Waals surface area contributed by atoms with Crippen LogP contribution in [0.5, 0.6) is 6.01 Å². The highest BCUT2D eigenvalue weighted by atomic mass is 32.2. The van der Waals surface area contributed by atoms with Gasteiger partial charge in [-0.05, 0) is 25.3 Å². The first-order valence-electron chi connectivity index (χ1n) is 15.4. The van der Waals surface area contributed by atoms with Crippen LogP contribution in [0.15, 0.2) is 18.5 Å². The second-order valence-electron chi connectivity index (χ2n) is 10.5. The van der Waals surface area contributed by atoms with Gasteiger partial charge in [-0.2, -0.15) is 8.42 Å². The van der Waals surface area contributed by atoms with Crippen LogP contribution in [0.3, 0.4) is 0 Å². The van der Waals surface area contributed by atoms with E-state index in [9.17, 15) is 8.42 Å². The van der Waals surface area contributed by atoms with Crippen molar-refractivity contribution in [3.63, 3.8) is 0 Å².